The summed E-state index contributed by atoms with van der Waals surface area (Å²) in [5, 5.41) is 15.9. The van der Waals surface area contributed by atoms with Crippen molar-refractivity contribution in [2.75, 3.05) is 24.6 Å². The molecule has 188 valence electrons. The molecule has 1 fully saturated rings. The van der Waals surface area contributed by atoms with Crippen LogP contribution in [-0.2, 0) is 0 Å². The molecule has 1 saturated heterocycles. The van der Waals surface area contributed by atoms with Gasteiger partial charge in [-0.25, -0.2) is 9.50 Å². The average Bonchev–Trinajstić information content (AvgIpc) is 3.51. The van der Waals surface area contributed by atoms with E-state index in [4.69, 9.17) is 9.72 Å². The van der Waals surface area contributed by atoms with Gasteiger partial charge < -0.3 is 15.0 Å². The molecular formula is C28H29N7O2. The molecule has 1 aliphatic heterocycles. The molecule has 9 nitrogen and oxygen atoms in total. The third-order valence-electron chi connectivity index (χ3n) is 7.11. The van der Waals surface area contributed by atoms with Gasteiger partial charge >= 0.3 is 0 Å². The van der Waals surface area contributed by atoms with Crippen LogP contribution in [0.2, 0.25) is 0 Å². The number of H-pyrrole nitrogens is 1. The fourth-order valence-corrected chi connectivity index (χ4v) is 5.03. The van der Waals surface area contributed by atoms with Gasteiger partial charge in [0.1, 0.15) is 11.6 Å². The molecule has 0 radical (unpaired) electrons. The number of rotatable bonds is 6. The van der Waals surface area contributed by atoms with E-state index >= 15 is 0 Å². The summed E-state index contributed by atoms with van der Waals surface area (Å²) in [5.74, 6) is 1.66. The summed E-state index contributed by atoms with van der Waals surface area (Å²) in [5.41, 5.74) is 4.11. The number of ether oxygens (including phenoxy) is 1. The molecule has 0 atom stereocenters. The Morgan fingerprint density at radius 2 is 1.95 bits per heavy atom. The third-order valence-corrected chi connectivity index (χ3v) is 7.11. The van der Waals surface area contributed by atoms with Gasteiger partial charge in [-0.05, 0) is 57.0 Å². The van der Waals surface area contributed by atoms with Crippen LogP contribution >= 0.6 is 0 Å². The first kappa shape index (κ1) is 23.0. The molecule has 0 aliphatic carbocycles. The van der Waals surface area contributed by atoms with E-state index in [-0.39, 0.29) is 11.4 Å². The number of amides is 1. The Morgan fingerprint density at radius 3 is 2.68 bits per heavy atom. The number of pyridine rings is 2. The van der Waals surface area contributed by atoms with Crippen LogP contribution in [0.5, 0.6) is 5.75 Å². The Hall–Kier alpha value is -4.40. The number of anilines is 1. The lowest BCUT2D eigenvalue weighted by molar-refractivity contribution is 0.0891. The van der Waals surface area contributed by atoms with Gasteiger partial charge in [0.25, 0.3) is 5.91 Å². The summed E-state index contributed by atoms with van der Waals surface area (Å²) >= 11 is 0. The minimum Gasteiger partial charge on any atom is -0.492 e. The second kappa shape index (κ2) is 9.24. The number of nitrogens with one attached hydrogen (secondary N) is 2. The first-order valence-electron chi connectivity index (χ1n) is 12.6. The van der Waals surface area contributed by atoms with E-state index in [9.17, 15) is 4.79 Å². The average molecular weight is 496 g/mol. The number of carbonyl (C=O) groups is 1. The van der Waals surface area contributed by atoms with Gasteiger partial charge in [0, 0.05) is 41.5 Å². The highest BCUT2D eigenvalue weighted by molar-refractivity contribution is 6.01. The number of piperidine rings is 1. The molecular weight excluding hydrogens is 466 g/mol. The lowest BCUT2D eigenvalue weighted by Gasteiger charge is -2.40. The predicted molar refractivity (Wildman–Crippen MR) is 143 cm³/mol. The van der Waals surface area contributed by atoms with Gasteiger partial charge in [-0.2, -0.15) is 5.10 Å². The topological polar surface area (TPSA) is 100 Å². The molecule has 9 heteroatoms. The molecule has 0 saturated carbocycles. The van der Waals surface area contributed by atoms with Gasteiger partial charge in [-0.15, -0.1) is 5.10 Å². The predicted octanol–water partition coefficient (Wildman–Crippen LogP) is 4.46. The molecule has 4 aromatic heterocycles. The van der Waals surface area contributed by atoms with E-state index in [1.165, 1.54) is 0 Å². The highest BCUT2D eigenvalue weighted by Gasteiger charge is 2.32. The van der Waals surface area contributed by atoms with Crippen LogP contribution in [0.1, 0.15) is 37.0 Å². The Morgan fingerprint density at radius 1 is 1.14 bits per heavy atom. The number of hydrogen-bond donors (Lipinski definition) is 2. The summed E-state index contributed by atoms with van der Waals surface area (Å²) < 4.78 is 7.64. The summed E-state index contributed by atoms with van der Waals surface area (Å²) in [7, 11) is 0. The molecule has 1 amide bonds. The van der Waals surface area contributed by atoms with Crippen molar-refractivity contribution in [3.63, 3.8) is 0 Å². The van der Waals surface area contributed by atoms with Crippen molar-refractivity contribution >= 4 is 28.3 Å². The Kier molecular flexibility index (Phi) is 5.75. The number of nitrogens with zero attached hydrogens (tertiary/aromatic N) is 5. The SMILES string of the molecule is CCOc1cc(-c2ccc(N3CCC(C)(NC(=O)c4ccccc4)CC3)nc2)c2c3cn[nH]c3nn2c1. The molecule has 0 unspecified atom stereocenters. The standard InChI is InChI=1S/C28H29N7O2/c1-3-37-21-15-22(25-23-17-30-32-26(23)33-35(25)18-21)20-9-10-24(29-16-20)34-13-11-28(2,12-14-34)31-27(36)19-7-5-4-6-8-19/h4-10,15-18H,3,11-14H2,1-2H3,(H,31,36)(H,32,33). The van der Waals surface area contributed by atoms with Crippen molar-refractivity contribution < 1.29 is 9.53 Å². The van der Waals surface area contributed by atoms with Crippen molar-refractivity contribution in [3.05, 3.63) is 72.7 Å². The number of benzene rings is 1. The zero-order valence-corrected chi connectivity index (χ0v) is 20.9. The van der Waals surface area contributed by atoms with E-state index in [0.29, 0.717) is 12.2 Å². The maximum Gasteiger partial charge on any atom is 0.251 e. The Bertz CT molecular complexity index is 1550. The molecule has 37 heavy (non-hydrogen) atoms. The van der Waals surface area contributed by atoms with Gasteiger partial charge in [-0.3, -0.25) is 9.89 Å². The Balaban J connectivity index is 1.21. The number of hydrogen-bond acceptors (Lipinski definition) is 6. The summed E-state index contributed by atoms with van der Waals surface area (Å²) in [6.07, 6.45) is 7.29. The maximum absolute atomic E-state index is 12.7. The lowest BCUT2D eigenvalue weighted by Crippen LogP contribution is -2.53. The van der Waals surface area contributed by atoms with Crippen LogP contribution in [0, 0.1) is 0 Å². The summed E-state index contributed by atoms with van der Waals surface area (Å²) in [6.45, 7) is 6.30. The van der Waals surface area contributed by atoms with Gasteiger partial charge in [0.15, 0.2) is 5.65 Å². The molecule has 0 bridgehead atoms. The minimum absolute atomic E-state index is 0.0220. The second-order valence-corrected chi connectivity index (χ2v) is 9.72. The van der Waals surface area contributed by atoms with Crippen molar-refractivity contribution in [3.8, 4) is 16.9 Å². The largest absolute Gasteiger partial charge is 0.492 e. The zero-order valence-electron chi connectivity index (χ0n) is 20.9. The van der Waals surface area contributed by atoms with Crippen LogP contribution in [-0.4, -0.2) is 55.9 Å². The number of carbonyl (C=O) groups excluding carboxylic acids is 1. The van der Waals surface area contributed by atoms with Crippen molar-refractivity contribution in [2.24, 2.45) is 0 Å². The van der Waals surface area contributed by atoms with E-state index in [0.717, 1.165) is 65.2 Å². The van der Waals surface area contributed by atoms with Crippen LogP contribution in [0.4, 0.5) is 5.82 Å². The summed E-state index contributed by atoms with van der Waals surface area (Å²) in [4.78, 5) is 19.8. The van der Waals surface area contributed by atoms with E-state index in [1.54, 1.807) is 6.20 Å². The van der Waals surface area contributed by atoms with E-state index < -0.39 is 0 Å². The second-order valence-electron chi connectivity index (χ2n) is 9.72. The maximum atomic E-state index is 12.7. The van der Waals surface area contributed by atoms with Crippen LogP contribution in [0.3, 0.4) is 0 Å². The quantitative estimate of drug-likeness (QED) is 0.361. The van der Waals surface area contributed by atoms with Crippen molar-refractivity contribution in [1.82, 2.24) is 30.1 Å². The van der Waals surface area contributed by atoms with Crippen LogP contribution in [0.15, 0.2) is 67.1 Å². The number of aromatic nitrogens is 5. The molecule has 0 spiro atoms. The fraction of sp³-hybridized carbons (Fsp3) is 0.286. The first-order valence-corrected chi connectivity index (χ1v) is 12.6. The molecule has 6 rings (SSSR count). The highest BCUT2D eigenvalue weighted by atomic mass is 16.5. The lowest BCUT2D eigenvalue weighted by atomic mass is 9.89. The van der Waals surface area contributed by atoms with Crippen molar-refractivity contribution in [2.45, 2.75) is 32.2 Å². The smallest absolute Gasteiger partial charge is 0.251 e. The zero-order chi connectivity index (χ0) is 25.4. The Labute approximate surface area is 214 Å². The van der Waals surface area contributed by atoms with Gasteiger partial charge in [0.2, 0.25) is 0 Å². The monoisotopic (exact) mass is 495 g/mol. The molecule has 1 aromatic carbocycles. The normalized spacial score (nSPS) is 15.2. The molecule has 5 aromatic rings. The minimum atomic E-state index is -0.243. The third kappa shape index (κ3) is 4.37. The van der Waals surface area contributed by atoms with E-state index in [2.05, 4.69) is 44.6 Å². The van der Waals surface area contributed by atoms with Crippen LogP contribution in [0.25, 0.3) is 27.7 Å². The van der Waals surface area contributed by atoms with Crippen molar-refractivity contribution in [1.29, 1.82) is 0 Å². The molecule has 1 aliphatic rings. The molecule has 2 N–H and O–H groups in total. The van der Waals surface area contributed by atoms with Gasteiger partial charge in [-0.1, -0.05) is 18.2 Å². The first-order chi connectivity index (χ1) is 18.0. The van der Waals surface area contributed by atoms with Crippen LogP contribution < -0.4 is 15.0 Å². The fourth-order valence-electron chi connectivity index (χ4n) is 5.03. The molecule has 5 heterocycles. The highest BCUT2D eigenvalue weighted by Crippen LogP contribution is 2.34. The van der Waals surface area contributed by atoms with E-state index in [1.807, 2.05) is 60.2 Å². The van der Waals surface area contributed by atoms with Gasteiger partial charge in [0.05, 0.1) is 29.9 Å². The summed E-state index contributed by atoms with van der Waals surface area (Å²) in [6, 6.07) is 15.6. The number of fused-ring (bicyclic) bond motifs is 3. The number of aromatic amines is 1.